The van der Waals surface area contributed by atoms with Gasteiger partial charge in [-0.15, -0.1) is 0 Å². The van der Waals surface area contributed by atoms with Crippen molar-refractivity contribution in [3.8, 4) is 0 Å². The maximum Gasteiger partial charge on any atom is 0.241 e. The number of hydrogen-bond donors (Lipinski definition) is 1. The summed E-state index contributed by atoms with van der Waals surface area (Å²) in [4.78, 5) is 14.3. The normalized spacial score (nSPS) is 27.3. The van der Waals surface area contributed by atoms with Crippen molar-refractivity contribution in [3.05, 3.63) is 0 Å². The van der Waals surface area contributed by atoms with Crippen molar-refractivity contribution in [3.63, 3.8) is 0 Å². The lowest BCUT2D eigenvalue weighted by atomic mass is 10.2. The lowest BCUT2D eigenvalue weighted by Gasteiger charge is -2.23. The summed E-state index contributed by atoms with van der Waals surface area (Å²) >= 11 is 0. The van der Waals surface area contributed by atoms with Crippen molar-refractivity contribution in [1.82, 2.24) is 10.2 Å². The van der Waals surface area contributed by atoms with Gasteiger partial charge in [0.25, 0.3) is 0 Å². The molecule has 0 aromatic heterocycles. The number of rotatable bonds is 9. The maximum absolute atomic E-state index is 12.3. The molecule has 4 heteroatoms. The molecule has 110 valence electrons. The van der Waals surface area contributed by atoms with Gasteiger partial charge in [-0.3, -0.25) is 10.1 Å². The largest absolute Gasteiger partial charge is 0.379 e. The van der Waals surface area contributed by atoms with Crippen LogP contribution in [0.3, 0.4) is 0 Å². The minimum atomic E-state index is 0.0324. The fourth-order valence-electron chi connectivity index (χ4n) is 2.72. The van der Waals surface area contributed by atoms with Gasteiger partial charge < -0.3 is 9.64 Å². The van der Waals surface area contributed by atoms with Gasteiger partial charge in [0.15, 0.2) is 0 Å². The Morgan fingerprint density at radius 3 is 2.63 bits per heavy atom. The van der Waals surface area contributed by atoms with Crippen molar-refractivity contribution in [2.24, 2.45) is 5.92 Å². The molecule has 0 aromatic carbocycles. The first-order valence-corrected chi connectivity index (χ1v) is 7.90. The number of nitrogens with zero attached hydrogens (tertiary/aromatic N) is 1. The van der Waals surface area contributed by atoms with Gasteiger partial charge in [-0.1, -0.05) is 26.7 Å². The summed E-state index contributed by atoms with van der Waals surface area (Å²) in [5.74, 6) is 1.07. The summed E-state index contributed by atoms with van der Waals surface area (Å²) in [6.07, 6.45) is 6.99. The quantitative estimate of drug-likeness (QED) is 0.651. The highest BCUT2D eigenvalue weighted by atomic mass is 16.5. The number of nitrogens with one attached hydrogen (secondary N) is 1. The van der Waals surface area contributed by atoms with Gasteiger partial charge in [-0.05, 0) is 31.6 Å². The molecule has 1 aliphatic carbocycles. The summed E-state index contributed by atoms with van der Waals surface area (Å²) in [6, 6.07) is 0.0324. The summed E-state index contributed by atoms with van der Waals surface area (Å²) in [5.41, 5.74) is 0. The Hall–Kier alpha value is -0.610. The third-order valence-electron chi connectivity index (χ3n) is 4.02. The van der Waals surface area contributed by atoms with Crippen LogP contribution in [-0.4, -0.2) is 42.8 Å². The fraction of sp³-hybridized carbons (Fsp3) is 0.933. The zero-order valence-electron chi connectivity index (χ0n) is 12.4. The maximum atomic E-state index is 12.3. The van der Waals surface area contributed by atoms with E-state index in [9.17, 15) is 4.79 Å². The second-order valence-corrected chi connectivity index (χ2v) is 5.86. The van der Waals surface area contributed by atoms with Gasteiger partial charge in [0.05, 0.1) is 18.8 Å². The van der Waals surface area contributed by atoms with Gasteiger partial charge in [0.1, 0.15) is 0 Å². The molecule has 2 fully saturated rings. The van der Waals surface area contributed by atoms with Crippen LogP contribution in [0.5, 0.6) is 0 Å². The van der Waals surface area contributed by atoms with Crippen LogP contribution >= 0.6 is 0 Å². The van der Waals surface area contributed by atoms with Crippen LogP contribution in [0.2, 0.25) is 0 Å². The molecule has 1 saturated heterocycles. The molecule has 1 amide bonds. The zero-order valence-corrected chi connectivity index (χ0v) is 12.4. The first-order chi connectivity index (χ1) is 9.26. The summed E-state index contributed by atoms with van der Waals surface area (Å²) in [5, 5.41) is 3.48. The molecule has 1 heterocycles. The van der Waals surface area contributed by atoms with Gasteiger partial charge in [-0.25, -0.2) is 0 Å². The van der Waals surface area contributed by atoms with E-state index in [4.69, 9.17) is 4.74 Å². The van der Waals surface area contributed by atoms with Crippen molar-refractivity contribution in [2.75, 3.05) is 19.8 Å². The standard InChI is InChI=1S/C15H28N2O2/c1-3-5-13-15(18)17(14(16-13)6-4-2)9-10-19-11-12-7-8-12/h12-14,16H,3-11H2,1-2H3. The Kier molecular flexibility index (Phi) is 5.64. The fourth-order valence-corrected chi connectivity index (χ4v) is 2.72. The molecule has 1 N–H and O–H groups in total. The van der Waals surface area contributed by atoms with E-state index in [1.807, 2.05) is 4.90 Å². The molecule has 2 aliphatic rings. The Morgan fingerprint density at radius 2 is 2.00 bits per heavy atom. The SMILES string of the molecule is CCCC1NC(CCC)N(CCOCC2CC2)C1=O. The van der Waals surface area contributed by atoms with Crippen LogP contribution in [0.15, 0.2) is 0 Å². The van der Waals surface area contributed by atoms with Gasteiger partial charge in [0, 0.05) is 13.2 Å². The first kappa shape index (κ1) is 14.8. The number of hydrogen-bond acceptors (Lipinski definition) is 3. The Balaban J connectivity index is 1.77. The molecule has 0 aromatic rings. The minimum absolute atomic E-state index is 0.0324. The predicted octanol–water partition coefficient (Wildman–Crippen LogP) is 2.14. The second-order valence-electron chi connectivity index (χ2n) is 5.86. The average Bonchev–Trinajstić information content (AvgIpc) is 3.17. The van der Waals surface area contributed by atoms with E-state index < -0.39 is 0 Å². The van der Waals surface area contributed by atoms with E-state index in [-0.39, 0.29) is 18.1 Å². The average molecular weight is 268 g/mol. The minimum Gasteiger partial charge on any atom is -0.379 e. The highest BCUT2D eigenvalue weighted by Crippen LogP contribution is 2.28. The highest BCUT2D eigenvalue weighted by molar-refractivity contribution is 5.84. The van der Waals surface area contributed by atoms with Gasteiger partial charge in [0.2, 0.25) is 5.91 Å². The molecular weight excluding hydrogens is 240 g/mol. The third kappa shape index (κ3) is 4.18. The van der Waals surface area contributed by atoms with E-state index in [0.717, 1.165) is 44.8 Å². The molecule has 19 heavy (non-hydrogen) atoms. The molecular formula is C15H28N2O2. The van der Waals surface area contributed by atoms with Gasteiger partial charge >= 0.3 is 0 Å². The number of ether oxygens (including phenoxy) is 1. The Morgan fingerprint density at radius 1 is 1.26 bits per heavy atom. The summed E-state index contributed by atoms with van der Waals surface area (Å²) < 4.78 is 5.67. The predicted molar refractivity (Wildman–Crippen MR) is 75.8 cm³/mol. The van der Waals surface area contributed by atoms with Crippen LogP contribution in [-0.2, 0) is 9.53 Å². The number of carbonyl (C=O) groups is 1. The van der Waals surface area contributed by atoms with E-state index in [1.165, 1.54) is 12.8 Å². The topological polar surface area (TPSA) is 41.6 Å². The van der Waals surface area contributed by atoms with E-state index in [1.54, 1.807) is 0 Å². The van der Waals surface area contributed by atoms with Crippen molar-refractivity contribution >= 4 is 5.91 Å². The molecule has 2 atom stereocenters. The summed E-state index contributed by atoms with van der Waals surface area (Å²) in [6.45, 7) is 6.60. The highest BCUT2D eigenvalue weighted by Gasteiger charge is 2.37. The van der Waals surface area contributed by atoms with Crippen molar-refractivity contribution in [1.29, 1.82) is 0 Å². The van der Waals surface area contributed by atoms with Crippen LogP contribution < -0.4 is 5.32 Å². The second kappa shape index (κ2) is 7.25. The molecule has 2 rings (SSSR count). The van der Waals surface area contributed by atoms with Crippen molar-refractivity contribution < 1.29 is 9.53 Å². The van der Waals surface area contributed by atoms with E-state index in [0.29, 0.717) is 6.61 Å². The Labute approximate surface area is 116 Å². The van der Waals surface area contributed by atoms with E-state index >= 15 is 0 Å². The molecule has 0 spiro atoms. The number of carbonyl (C=O) groups excluding carboxylic acids is 1. The lowest BCUT2D eigenvalue weighted by molar-refractivity contribution is -0.131. The third-order valence-corrected chi connectivity index (χ3v) is 4.02. The lowest BCUT2D eigenvalue weighted by Crippen LogP contribution is -2.39. The van der Waals surface area contributed by atoms with Crippen LogP contribution in [0.4, 0.5) is 0 Å². The van der Waals surface area contributed by atoms with Crippen molar-refractivity contribution in [2.45, 2.75) is 64.6 Å². The Bertz CT molecular complexity index is 292. The van der Waals surface area contributed by atoms with Gasteiger partial charge in [-0.2, -0.15) is 0 Å². The zero-order chi connectivity index (χ0) is 13.7. The van der Waals surface area contributed by atoms with E-state index in [2.05, 4.69) is 19.2 Å². The molecule has 1 saturated carbocycles. The molecule has 1 aliphatic heterocycles. The molecule has 4 nitrogen and oxygen atoms in total. The molecule has 0 bridgehead atoms. The van der Waals surface area contributed by atoms with Crippen LogP contribution in [0, 0.1) is 5.92 Å². The smallest absolute Gasteiger partial charge is 0.241 e. The number of amides is 1. The monoisotopic (exact) mass is 268 g/mol. The first-order valence-electron chi connectivity index (χ1n) is 7.90. The van der Waals surface area contributed by atoms with Crippen LogP contribution in [0.1, 0.15) is 52.4 Å². The van der Waals surface area contributed by atoms with Crippen LogP contribution in [0.25, 0.3) is 0 Å². The summed E-state index contributed by atoms with van der Waals surface area (Å²) in [7, 11) is 0. The molecule has 2 unspecified atom stereocenters. The molecule has 0 radical (unpaired) electrons.